The van der Waals surface area contributed by atoms with Crippen LogP contribution in [0.1, 0.15) is 32.6 Å². The highest BCUT2D eigenvalue weighted by atomic mass is 16.5. The second-order valence-electron chi connectivity index (χ2n) is 4.40. The summed E-state index contributed by atoms with van der Waals surface area (Å²) >= 11 is 0. The van der Waals surface area contributed by atoms with Crippen molar-refractivity contribution in [3.63, 3.8) is 0 Å². The van der Waals surface area contributed by atoms with E-state index < -0.39 is 0 Å². The summed E-state index contributed by atoms with van der Waals surface area (Å²) in [7, 11) is 0. The fourth-order valence-electron chi connectivity index (χ4n) is 2.55. The fourth-order valence-corrected chi connectivity index (χ4v) is 2.55. The molecule has 0 saturated carbocycles. The maximum absolute atomic E-state index is 11.3. The largest absolute Gasteiger partial charge is 0.508 e. The van der Waals surface area contributed by atoms with Crippen LogP contribution in [-0.4, -0.2) is 17.7 Å². The lowest BCUT2D eigenvalue weighted by atomic mass is 9.87. The maximum atomic E-state index is 11.3. The van der Waals surface area contributed by atoms with E-state index in [1.165, 1.54) is 11.6 Å². The van der Waals surface area contributed by atoms with Crippen LogP contribution in [0.2, 0.25) is 0 Å². The quantitative estimate of drug-likeness (QED) is 0.603. The van der Waals surface area contributed by atoms with Gasteiger partial charge in [-0.05, 0) is 44.3 Å². The summed E-state index contributed by atoms with van der Waals surface area (Å²) in [6.45, 7) is 2.20. The van der Waals surface area contributed by atoms with Gasteiger partial charge in [0.1, 0.15) is 5.76 Å². The van der Waals surface area contributed by atoms with Crippen molar-refractivity contribution in [2.24, 2.45) is 5.92 Å². The third kappa shape index (κ3) is 2.60. The van der Waals surface area contributed by atoms with Crippen molar-refractivity contribution in [1.29, 1.82) is 0 Å². The number of hydrogen-bond donors (Lipinski definition) is 1. The van der Waals surface area contributed by atoms with Gasteiger partial charge in [0.15, 0.2) is 0 Å². The third-order valence-electron chi connectivity index (χ3n) is 3.33. The number of carbonyl (C=O) groups excluding carboxylic acids is 1. The molecule has 0 aliphatic heterocycles. The van der Waals surface area contributed by atoms with Gasteiger partial charge in [0.05, 0.1) is 6.61 Å². The van der Waals surface area contributed by atoms with Gasteiger partial charge in [0.25, 0.3) is 0 Å². The number of aliphatic hydroxyl groups excluding tert-OH is 1. The number of aliphatic hydroxyl groups is 1. The molecule has 2 rings (SSSR count). The minimum absolute atomic E-state index is 0.257. The molecule has 2 aliphatic carbocycles. The number of carbonyl (C=O) groups is 1. The molecule has 0 amide bonds. The Kier molecular flexibility index (Phi) is 3.67. The fraction of sp³-hybridized carbons (Fsp3) is 0.500. The van der Waals surface area contributed by atoms with Crippen molar-refractivity contribution in [3.05, 3.63) is 35.1 Å². The monoisotopic (exact) mass is 234 g/mol. The standard InChI is InChI=1S/C14H18O3/c1-2-17-14(16)9-7-10-6-8-13(15)12-5-3-4-11(10)12/h7-10,15H,2-6H2,1H3/b9-7+. The molecule has 0 heterocycles. The Balaban J connectivity index is 2.06. The van der Waals surface area contributed by atoms with Crippen molar-refractivity contribution in [3.8, 4) is 0 Å². The molecule has 2 aliphatic rings. The third-order valence-corrected chi connectivity index (χ3v) is 3.33. The van der Waals surface area contributed by atoms with Gasteiger partial charge in [-0.2, -0.15) is 0 Å². The van der Waals surface area contributed by atoms with Crippen LogP contribution in [0.25, 0.3) is 0 Å². The number of esters is 1. The number of allylic oxidation sites excluding steroid dienone is 4. The minimum Gasteiger partial charge on any atom is -0.508 e. The van der Waals surface area contributed by atoms with Crippen LogP contribution in [0.4, 0.5) is 0 Å². The van der Waals surface area contributed by atoms with Crippen LogP contribution in [0.5, 0.6) is 0 Å². The molecule has 0 spiro atoms. The first kappa shape index (κ1) is 12.0. The molecule has 1 atom stereocenters. The molecule has 3 nitrogen and oxygen atoms in total. The van der Waals surface area contributed by atoms with Crippen LogP contribution in [0.15, 0.2) is 35.1 Å². The van der Waals surface area contributed by atoms with E-state index in [9.17, 15) is 9.90 Å². The Bertz CT molecular complexity index is 402. The summed E-state index contributed by atoms with van der Waals surface area (Å²) in [5, 5.41) is 9.75. The second-order valence-corrected chi connectivity index (χ2v) is 4.40. The second kappa shape index (κ2) is 5.21. The van der Waals surface area contributed by atoms with Gasteiger partial charge < -0.3 is 9.84 Å². The van der Waals surface area contributed by atoms with Crippen molar-refractivity contribution in [1.82, 2.24) is 0 Å². The van der Waals surface area contributed by atoms with Gasteiger partial charge in [0.2, 0.25) is 0 Å². The normalized spacial score (nSPS) is 23.8. The van der Waals surface area contributed by atoms with E-state index in [-0.39, 0.29) is 11.9 Å². The average Bonchev–Trinajstić information content (AvgIpc) is 2.78. The topological polar surface area (TPSA) is 46.5 Å². The van der Waals surface area contributed by atoms with Gasteiger partial charge in [-0.25, -0.2) is 4.79 Å². The molecular weight excluding hydrogens is 216 g/mol. The summed E-state index contributed by atoms with van der Waals surface area (Å²) in [4.78, 5) is 11.3. The number of hydrogen-bond acceptors (Lipinski definition) is 3. The molecule has 1 unspecified atom stereocenters. The Labute approximate surface area is 101 Å². The summed E-state index contributed by atoms with van der Waals surface area (Å²) < 4.78 is 4.86. The van der Waals surface area contributed by atoms with E-state index in [0.717, 1.165) is 31.3 Å². The van der Waals surface area contributed by atoms with E-state index in [1.54, 1.807) is 6.92 Å². The lowest BCUT2D eigenvalue weighted by Crippen LogP contribution is -2.08. The molecule has 0 saturated heterocycles. The number of rotatable bonds is 3. The zero-order chi connectivity index (χ0) is 12.3. The van der Waals surface area contributed by atoms with Crippen molar-refractivity contribution < 1.29 is 14.6 Å². The van der Waals surface area contributed by atoms with Crippen LogP contribution in [0.3, 0.4) is 0 Å². The first-order valence-electron chi connectivity index (χ1n) is 6.18. The summed E-state index contributed by atoms with van der Waals surface area (Å²) in [5.41, 5.74) is 2.39. The summed E-state index contributed by atoms with van der Waals surface area (Å²) in [5.74, 6) is 0.414. The Morgan fingerprint density at radius 3 is 3.18 bits per heavy atom. The van der Waals surface area contributed by atoms with Crippen molar-refractivity contribution in [2.45, 2.75) is 32.6 Å². The molecule has 0 bridgehead atoms. The molecule has 1 N–H and O–H groups in total. The SMILES string of the molecule is CCOC(=O)/C=C/C1CC=C(O)C2=C1CCC2. The number of ether oxygens (including phenoxy) is 1. The molecule has 0 radical (unpaired) electrons. The molecular formula is C14H18O3. The van der Waals surface area contributed by atoms with Gasteiger partial charge in [-0.1, -0.05) is 11.6 Å². The zero-order valence-corrected chi connectivity index (χ0v) is 10.1. The van der Waals surface area contributed by atoms with E-state index >= 15 is 0 Å². The van der Waals surface area contributed by atoms with E-state index in [2.05, 4.69) is 0 Å². The van der Waals surface area contributed by atoms with E-state index in [1.807, 2.05) is 12.2 Å². The maximum Gasteiger partial charge on any atom is 0.330 e. The van der Waals surface area contributed by atoms with Crippen LogP contribution >= 0.6 is 0 Å². The average molecular weight is 234 g/mol. The molecule has 0 aromatic heterocycles. The highest BCUT2D eigenvalue weighted by Gasteiger charge is 2.26. The molecule has 0 aromatic rings. The van der Waals surface area contributed by atoms with Gasteiger partial charge in [-0.15, -0.1) is 0 Å². The summed E-state index contributed by atoms with van der Waals surface area (Å²) in [6.07, 6.45) is 9.14. The molecule has 0 aromatic carbocycles. The van der Waals surface area contributed by atoms with Crippen LogP contribution in [0, 0.1) is 5.92 Å². The van der Waals surface area contributed by atoms with Gasteiger partial charge in [0, 0.05) is 12.0 Å². The lowest BCUT2D eigenvalue weighted by molar-refractivity contribution is -0.137. The van der Waals surface area contributed by atoms with Gasteiger partial charge in [-0.3, -0.25) is 0 Å². The van der Waals surface area contributed by atoms with E-state index in [0.29, 0.717) is 12.4 Å². The van der Waals surface area contributed by atoms with Crippen LogP contribution < -0.4 is 0 Å². The Hall–Kier alpha value is -1.51. The van der Waals surface area contributed by atoms with Gasteiger partial charge >= 0.3 is 5.97 Å². The zero-order valence-electron chi connectivity index (χ0n) is 10.1. The van der Waals surface area contributed by atoms with Crippen molar-refractivity contribution in [2.75, 3.05) is 6.61 Å². The summed E-state index contributed by atoms with van der Waals surface area (Å²) in [6, 6.07) is 0. The highest BCUT2D eigenvalue weighted by Crippen LogP contribution is 2.40. The first-order chi connectivity index (χ1) is 8.22. The highest BCUT2D eigenvalue weighted by molar-refractivity contribution is 5.82. The predicted molar refractivity (Wildman–Crippen MR) is 65.5 cm³/mol. The van der Waals surface area contributed by atoms with Crippen LogP contribution in [-0.2, 0) is 9.53 Å². The predicted octanol–water partition coefficient (Wildman–Crippen LogP) is 3.05. The Morgan fingerprint density at radius 2 is 2.41 bits per heavy atom. The minimum atomic E-state index is -0.286. The molecule has 17 heavy (non-hydrogen) atoms. The van der Waals surface area contributed by atoms with Crippen molar-refractivity contribution >= 4 is 5.97 Å². The first-order valence-corrected chi connectivity index (χ1v) is 6.18. The molecule has 0 fully saturated rings. The van der Waals surface area contributed by atoms with E-state index in [4.69, 9.17) is 4.74 Å². The molecule has 3 heteroatoms. The lowest BCUT2D eigenvalue weighted by Gasteiger charge is -2.19. The smallest absolute Gasteiger partial charge is 0.330 e. The Morgan fingerprint density at radius 1 is 1.59 bits per heavy atom. The molecule has 92 valence electrons.